The molecule has 0 amide bonds. The van der Waals surface area contributed by atoms with Crippen molar-refractivity contribution in [3.63, 3.8) is 0 Å². The SMILES string of the molecule is [Cl][Mg][Cl].[c]1ccc(C2OCCCO2)cc1. The van der Waals surface area contributed by atoms with Crippen LogP contribution in [0.3, 0.4) is 0 Å². The number of ether oxygens (including phenoxy) is 2. The van der Waals surface area contributed by atoms with Crippen molar-refractivity contribution < 1.29 is 9.47 Å². The Bertz CT molecular complexity index is 253. The molecule has 2 rings (SSSR count). The Morgan fingerprint density at radius 3 is 2.27 bits per heavy atom. The molecule has 0 bridgehead atoms. The molecule has 1 radical (unpaired) electrons. The Balaban J connectivity index is 0.000000337. The quantitative estimate of drug-likeness (QED) is 0.721. The first kappa shape index (κ1) is 13.6. The summed E-state index contributed by atoms with van der Waals surface area (Å²) in [5, 5.41) is 0. The van der Waals surface area contributed by atoms with Crippen molar-refractivity contribution >= 4 is 36.3 Å². The standard InChI is InChI=1S/C10H11O2.2ClH.Mg/c1-2-5-9(6-3-1)10-11-7-4-8-12-10;;;/h2-3,5-6,10H,4,7-8H2;2*1H;/q;;;+2/p-2. The van der Waals surface area contributed by atoms with Crippen LogP contribution in [0, 0.1) is 6.07 Å². The second-order valence-electron chi connectivity index (χ2n) is 2.86. The van der Waals surface area contributed by atoms with Crippen LogP contribution in [0.1, 0.15) is 18.3 Å². The van der Waals surface area contributed by atoms with Gasteiger partial charge >= 0.3 is 18.2 Å². The number of benzene rings is 1. The molecule has 0 spiro atoms. The zero-order valence-electron chi connectivity index (χ0n) is 8.29. The van der Waals surface area contributed by atoms with Crippen LogP contribution in [-0.4, -0.2) is 31.4 Å². The summed E-state index contributed by atoms with van der Waals surface area (Å²) in [5.74, 6) is 0. The van der Waals surface area contributed by atoms with Gasteiger partial charge in [-0.2, -0.15) is 0 Å². The van der Waals surface area contributed by atoms with Crippen LogP contribution in [0.5, 0.6) is 0 Å². The summed E-state index contributed by atoms with van der Waals surface area (Å²) in [7, 11) is 9.81. The molecule has 1 aliphatic heterocycles. The highest BCUT2D eigenvalue weighted by Crippen LogP contribution is 2.21. The Hall–Kier alpha value is 0.486. The highest BCUT2D eigenvalue weighted by atomic mass is 35.6. The van der Waals surface area contributed by atoms with Gasteiger partial charge in [0.25, 0.3) is 0 Å². The van der Waals surface area contributed by atoms with Crippen LogP contribution < -0.4 is 0 Å². The average Bonchev–Trinajstić information content (AvgIpc) is 2.32. The maximum atomic E-state index is 5.43. The van der Waals surface area contributed by atoms with Crippen LogP contribution in [0.25, 0.3) is 0 Å². The van der Waals surface area contributed by atoms with Crippen molar-refractivity contribution in [2.45, 2.75) is 12.7 Å². The number of rotatable bonds is 1. The Morgan fingerprint density at radius 2 is 1.73 bits per heavy atom. The monoisotopic (exact) mass is 257 g/mol. The van der Waals surface area contributed by atoms with Crippen molar-refractivity contribution in [1.82, 2.24) is 0 Å². The Morgan fingerprint density at radius 1 is 1.20 bits per heavy atom. The van der Waals surface area contributed by atoms with Gasteiger partial charge in [0.15, 0.2) is 6.29 Å². The fraction of sp³-hybridized carbons (Fsp3) is 0.400. The van der Waals surface area contributed by atoms with Crippen molar-refractivity contribution in [3.05, 3.63) is 35.9 Å². The maximum Gasteiger partial charge on any atom is 0.618 e. The summed E-state index contributed by atoms with van der Waals surface area (Å²) in [5.41, 5.74) is 1.08. The van der Waals surface area contributed by atoms with Crippen molar-refractivity contribution in [1.29, 1.82) is 0 Å². The van der Waals surface area contributed by atoms with Crippen molar-refractivity contribution in [2.75, 3.05) is 13.2 Å². The molecule has 2 nitrogen and oxygen atoms in total. The molecule has 0 saturated carbocycles. The van der Waals surface area contributed by atoms with E-state index >= 15 is 0 Å². The van der Waals surface area contributed by atoms with Gasteiger partial charge in [0.05, 0.1) is 13.2 Å². The summed E-state index contributed by atoms with van der Waals surface area (Å²) in [6.45, 7) is 1.59. The van der Waals surface area contributed by atoms with E-state index in [9.17, 15) is 0 Å². The van der Waals surface area contributed by atoms with Gasteiger partial charge < -0.3 is 27.6 Å². The van der Waals surface area contributed by atoms with Crippen LogP contribution >= 0.6 is 18.1 Å². The molecule has 0 unspecified atom stereocenters. The van der Waals surface area contributed by atoms with Gasteiger partial charge in [-0.25, -0.2) is 0 Å². The molecular formula is C10H11Cl2MgO2. The minimum absolute atomic E-state index is 0.159. The minimum Gasteiger partial charge on any atom is -0.348 e. The van der Waals surface area contributed by atoms with Crippen LogP contribution in [0.15, 0.2) is 24.3 Å². The lowest BCUT2D eigenvalue weighted by atomic mass is 10.2. The molecule has 0 N–H and O–H groups in total. The molecule has 0 aromatic heterocycles. The number of hydrogen-bond acceptors (Lipinski definition) is 2. The third kappa shape index (κ3) is 5.38. The second-order valence-corrected chi connectivity index (χ2v) is 5.49. The largest absolute Gasteiger partial charge is 0.618 e. The number of hydrogen-bond donors (Lipinski definition) is 0. The normalized spacial score (nSPS) is 16.1. The highest BCUT2D eigenvalue weighted by Gasteiger charge is 2.15. The zero-order valence-corrected chi connectivity index (χ0v) is 11.2. The van der Waals surface area contributed by atoms with E-state index in [-0.39, 0.29) is 6.29 Å². The smallest absolute Gasteiger partial charge is 0.348 e. The van der Waals surface area contributed by atoms with E-state index in [4.69, 9.17) is 27.6 Å². The zero-order chi connectivity index (χ0) is 10.9. The molecule has 79 valence electrons. The Labute approximate surface area is 107 Å². The Kier molecular flexibility index (Phi) is 7.78. The fourth-order valence-corrected chi connectivity index (χ4v) is 1.24. The molecule has 5 heteroatoms. The third-order valence-electron chi connectivity index (χ3n) is 1.84. The predicted octanol–water partition coefficient (Wildman–Crippen LogP) is 2.92. The lowest BCUT2D eigenvalue weighted by Crippen LogP contribution is -2.17. The van der Waals surface area contributed by atoms with Gasteiger partial charge in [0, 0.05) is 5.56 Å². The third-order valence-corrected chi connectivity index (χ3v) is 1.84. The van der Waals surface area contributed by atoms with E-state index in [0.29, 0.717) is 0 Å². The molecule has 15 heavy (non-hydrogen) atoms. The molecule has 1 heterocycles. The first-order chi connectivity index (χ1) is 7.38. The topological polar surface area (TPSA) is 18.5 Å². The summed E-state index contributed by atoms with van der Waals surface area (Å²) >= 11 is -0.639. The second kappa shape index (κ2) is 8.62. The number of halogens is 2. The van der Waals surface area contributed by atoms with Crippen LogP contribution in [0.4, 0.5) is 0 Å². The van der Waals surface area contributed by atoms with E-state index in [1.54, 1.807) is 0 Å². The molecule has 1 saturated heterocycles. The van der Waals surface area contributed by atoms with Gasteiger partial charge in [0.1, 0.15) is 0 Å². The molecule has 1 aromatic carbocycles. The average molecular weight is 258 g/mol. The summed E-state index contributed by atoms with van der Waals surface area (Å²) in [6.07, 6.45) is 0.837. The van der Waals surface area contributed by atoms with Crippen LogP contribution in [-0.2, 0) is 9.47 Å². The van der Waals surface area contributed by atoms with E-state index in [2.05, 4.69) is 6.07 Å². The first-order valence-electron chi connectivity index (χ1n) is 4.69. The molecule has 1 fully saturated rings. The molecule has 1 aromatic rings. The fourth-order valence-electron chi connectivity index (χ4n) is 1.24. The summed E-state index contributed by atoms with van der Waals surface area (Å²) in [6, 6.07) is 10.6. The van der Waals surface area contributed by atoms with Crippen molar-refractivity contribution in [2.24, 2.45) is 0 Å². The van der Waals surface area contributed by atoms with E-state index in [1.165, 1.54) is 0 Å². The van der Waals surface area contributed by atoms with Gasteiger partial charge in [-0.15, -0.1) is 0 Å². The van der Waals surface area contributed by atoms with Crippen LogP contribution in [0.2, 0.25) is 0 Å². The van der Waals surface area contributed by atoms with E-state index in [1.807, 2.05) is 24.3 Å². The maximum absolute atomic E-state index is 5.43. The predicted molar refractivity (Wildman–Crippen MR) is 62.0 cm³/mol. The molecule has 0 atom stereocenters. The van der Waals surface area contributed by atoms with Gasteiger partial charge in [-0.05, 0) is 12.5 Å². The summed E-state index contributed by atoms with van der Waals surface area (Å²) in [4.78, 5) is 0. The molecular weight excluding hydrogens is 247 g/mol. The lowest BCUT2D eigenvalue weighted by molar-refractivity contribution is -0.183. The molecule has 0 aliphatic carbocycles. The lowest BCUT2D eigenvalue weighted by Gasteiger charge is -2.23. The van der Waals surface area contributed by atoms with Gasteiger partial charge in [0.2, 0.25) is 0 Å². The highest BCUT2D eigenvalue weighted by molar-refractivity contribution is 7.22. The van der Waals surface area contributed by atoms with Gasteiger partial charge in [-0.1, -0.05) is 24.3 Å². The summed E-state index contributed by atoms with van der Waals surface area (Å²) < 4.78 is 10.9. The van der Waals surface area contributed by atoms with Gasteiger partial charge in [-0.3, -0.25) is 0 Å². The van der Waals surface area contributed by atoms with E-state index in [0.717, 1.165) is 25.2 Å². The van der Waals surface area contributed by atoms with Crippen molar-refractivity contribution in [3.8, 4) is 0 Å². The van der Waals surface area contributed by atoms with E-state index < -0.39 is 18.2 Å². The first-order valence-corrected chi connectivity index (χ1v) is 8.97. The molecule has 1 aliphatic rings. The minimum atomic E-state index is -0.639.